The first kappa shape index (κ1) is 20.0. The van der Waals surface area contributed by atoms with Gasteiger partial charge in [-0.25, -0.2) is 0 Å². The molecule has 1 atom stereocenters. The zero-order valence-corrected chi connectivity index (χ0v) is 15.6. The third kappa shape index (κ3) is 4.76. The minimum atomic E-state index is -0.978. The first-order chi connectivity index (χ1) is 14.0. The summed E-state index contributed by atoms with van der Waals surface area (Å²) in [5, 5.41) is 32.6. The summed E-state index contributed by atoms with van der Waals surface area (Å²) in [5.74, 6) is 0.418. The van der Waals surface area contributed by atoms with Crippen LogP contribution in [0.5, 0.6) is 5.75 Å². The molecule has 0 aromatic heterocycles. The standard InChI is InChI=1S/C22H18N2O5/c1-28-14-29-20-7-8-21(24(26)27)17(12-20)6-9-22(25)18-5-4-16-3-2-15(13-23)10-19(16)11-18/h2-12,22,25H,14H2,1H3/b9-6+. The molecule has 0 spiro atoms. The number of hydrogen-bond donors (Lipinski definition) is 1. The Morgan fingerprint density at radius 3 is 2.69 bits per heavy atom. The first-order valence-electron chi connectivity index (χ1n) is 8.72. The summed E-state index contributed by atoms with van der Waals surface area (Å²) in [4.78, 5) is 10.8. The highest BCUT2D eigenvalue weighted by molar-refractivity contribution is 5.84. The average Bonchev–Trinajstić information content (AvgIpc) is 2.74. The number of nitro groups is 1. The Morgan fingerprint density at radius 1 is 1.17 bits per heavy atom. The summed E-state index contributed by atoms with van der Waals surface area (Å²) in [5.41, 5.74) is 1.34. The molecule has 0 saturated carbocycles. The van der Waals surface area contributed by atoms with Crippen LogP contribution >= 0.6 is 0 Å². The van der Waals surface area contributed by atoms with E-state index < -0.39 is 11.0 Å². The maximum absolute atomic E-state index is 11.3. The third-order valence-electron chi connectivity index (χ3n) is 4.33. The molecule has 0 saturated heterocycles. The van der Waals surface area contributed by atoms with Crippen molar-refractivity contribution in [1.29, 1.82) is 5.26 Å². The molecule has 1 unspecified atom stereocenters. The molecule has 0 aliphatic carbocycles. The number of nitrogens with zero attached hydrogens (tertiary/aromatic N) is 2. The Hall–Kier alpha value is -3.73. The predicted octanol–water partition coefficient (Wildman–Crippen LogP) is 4.35. The lowest BCUT2D eigenvalue weighted by molar-refractivity contribution is -0.385. The minimum absolute atomic E-state index is 0.0192. The molecule has 0 bridgehead atoms. The molecule has 1 N–H and O–H groups in total. The Balaban J connectivity index is 1.89. The second-order valence-electron chi connectivity index (χ2n) is 6.27. The van der Waals surface area contributed by atoms with E-state index in [-0.39, 0.29) is 12.5 Å². The number of methoxy groups -OCH3 is 1. The van der Waals surface area contributed by atoms with Gasteiger partial charge in [-0.3, -0.25) is 10.1 Å². The summed E-state index contributed by atoms with van der Waals surface area (Å²) < 4.78 is 10.2. The number of nitro benzene ring substituents is 1. The van der Waals surface area contributed by atoms with Crippen molar-refractivity contribution in [3.63, 3.8) is 0 Å². The van der Waals surface area contributed by atoms with Crippen molar-refractivity contribution in [1.82, 2.24) is 0 Å². The van der Waals surface area contributed by atoms with E-state index in [1.165, 1.54) is 37.5 Å². The van der Waals surface area contributed by atoms with E-state index in [4.69, 9.17) is 14.7 Å². The molecule has 0 amide bonds. The quantitative estimate of drug-likeness (QED) is 0.365. The highest BCUT2D eigenvalue weighted by atomic mass is 16.7. The van der Waals surface area contributed by atoms with Crippen LogP contribution in [0.25, 0.3) is 16.8 Å². The zero-order chi connectivity index (χ0) is 20.8. The number of ether oxygens (including phenoxy) is 2. The lowest BCUT2D eigenvalue weighted by atomic mass is 10.0. The maximum atomic E-state index is 11.3. The molecule has 0 radical (unpaired) electrons. The van der Waals surface area contributed by atoms with E-state index in [1.807, 2.05) is 12.1 Å². The molecule has 0 aliphatic heterocycles. The highest BCUT2D eigenvalue weighted by Gasteiger charge is 2.13. The fourth-order valence-electron chi connectivity index (χ4n) is 2.87. The third-order valence-corrected chi connectivity index (χ3v) is 4.33. The number of aliphatic hydroxyl groups is 1. The van der Waals surface area contributed by atoms with E-state index in [0.29, 0.717) is 22.4 Å². The highest BCUT2D eigenvalue weighted by Crippen LogP contribution is 2.28. The molecule has 3 rings (SSSR count). The van der Waals surface area contributed by atoms with Gasteiger partial charge >= 0.3 is 0 Å². The van der Waals surface area contributed by atoms with Crippen molar-refractivity contribution in [2.24, 2.45) is 0 Å². The number of nitriles is 1. The number of benzene rings is 3. The van der Waals surface area contributed by atoms with Crippen LogP contribution in [0, 0.1) is 21.4 Å². The largest absolute Gasteiger partial charge is 0.468 e. The van der Waals surface area contributed by atoms with Gasteiger partial charge in [-0.2, -0.15) is 5.26 Å². The maximum Gasteiger partial charge on any atom is 0.276 e. The fourth-order valence-corrected chi connectivity index (χ4v) is 2.87. The molecule has 0 aliphatic rings. The summed E-state index contributed by atoms with van der Waals surface area (Å²) in [6.45, 7) is 0.0192. The van der Waals surface area contributed by atoms with Gasteiger partial charge in [0.25, 0.3) is 5.69 Å². The van der Waals surface area contributed by atoms with Crippen LogP contribution in [0.4, 0.5) is 5.69 Å². The first-order valence-corrected chi connectivity index (χ1v) is 8.72. The van der Waals surface area contributed by atoms with Crippen molar-refractivity contribution in [3.8, 4) is 11.8 Å². The van der Waals surface area contributed by atoms with Gasteiger partial charge < -0.3 is 14.6 Å². The zero-order valence-electron chi connectivity index (χ0n) is 15.6. The van der Waals surface area contributed by atoms with E-state index in [0.717, 1.165) is 10.8 Å². The van der Waals surface area contributed by atoms with Gasteiger partial charge in [0.05, 0.1) is 28.2 Å². The van der Waals surface area contributed by atoms with Crippen molar-refractivity contribution >= 4 is 22.5 Å². The van der Waals surface area contributed by atoms with Crippen molar-refractivity contribution < 1.29 is 19.5 Å². The van der Waals surface area contributed by atoms with Crippen LogP contribution in [0.2, 0.25) is 0 Å². The smallest absolute Gasteiger partial charge is 0.276 e. The van der Waals surface area contributed by atoms with E-state index in [2.05, 4.69) is 6.07 Å². The number of rotatable bonds is 7. The summed E-state index contributed by atoms with van der Waals surface area (Å²) in [6, 6.07) is 17.2. The predicted molar refractivity (Wildman–Crippen MR) is 108 cm³/mol. The van der Waals surface area contributed by atoms with Gasteiger partial charge in [-0.15, -0.1) is 0 Å². The SMILES string of the molecule is COCOc1ccc([N+](=O)[O-])c(/C=C/C(O)c2ccc3ccc(C#N)cc3c2)c1. The molecular weight excluding hydrogens is 372 g/mol. The molecule has 0 fully saturated rings. The van der Waals surface area contributed by atoms with E-state index in [1.54, 1.807) is 24.3 Å². The Bertz CT molecular complexity index is 1120. The number of fused-ring (bicyclic) bond motifs is 1. The Labute approximate surface area is 167 Å². The monoisotopic (exact) mass is 390 g/mol. The number of hydrogen-bond acceptors (Lipinski definition) is 6. The molecule has 7 heteroatoms. The molecule has 3 aromatic rings. The van der Waals surface area contributed by atoms with E-state index in [9.17, 15) is 15.2 Å². The molecule has 3 aromatic carbocycles. The second-order valence-corrected chi connectivity index (χ2v) is 6.27. The van der Waals surface area contributed by atoms with Crippen molar-refractivity contribution in [2.75, 3.05) is 13.9 Å². The molecule has 0 heterocycles. The van der Waals surface area contributed by atoms with Crippen LogP contribution in [-0.2, 0) is 4.74 Å². The molecule has 29 heavy (non-hydrogen) atoms. The lowest BCUT2D eigenvalue weighted by Crippen LogP contribution is -2.00. The van der Waals surface area contributed by atoms with Crippen LogP contribution in [0.1, 0.15) is 22.8 Å². The van der Waals surface area contributed by atoms with Gasteiger partial charge in [0.15, 0.2) is 6.79 Å². The molecule has 7 nitrogen and oxygen atoms in total. The van der Waals surface area contributed by atoms with Crippen molar-refractivity contribution in [2.45, 2.75) is 6.10 Å². The summed E-state index contributed by atoms with van der Waals surface area (Å²) >= 11 is 0. The van der Waals surface area contributed by atoms with Gasteiger partial charge in [-0.1, -0.05) is 24.3 Å². The number of aliphatic hydroxyl groups excluding tert-OH is 1. The van der Waals surface area contributed by atoms with Gasteiger partial charge in [0, 0.05) is 13.2 Å². The van der Waals surface area contributed by atoms with Gasteiger partial charge in [0.2, 0.25) is 0 Å². The van der Waals surface area contributed by atoms with Crippen LogP contribution in [0.15, 0.2) is 60.7 Å². The van der Waals surface area contributed by atoms with Crippen LogP contribution in [-0.4, -0.2) is 23.9 Å². The summed E-state index contributed by atoms with van der Waals surface area (Å²) in [7, 11) is 1.48. The van der Waals surface area contributed by atoms with Crippen LogP contribution < -0.4 is 4.74 Å². The van der Waals surface area contributed by atoms with Gasteiger partial charge in [0.1, 0.15) is 5.75 Å². The Kier molecular flexibility index (Phi) is 6.19. The molecule has 146 valence electrons. The average molecular weight is 390 g/mol. The second kappa shape index (κ2) is 8.97. The van der Waals surface area contributed by atoms with E-state index >= 15 is 0 Å². The van der Waals surface area contributed by atoms with Crippen LogP contribution in [0.3, 0.4) is 0 Å². The topological polar surface area (TPSA) is 106 Å². The van der Waals surface area contributed by atoms with Gasteiger partial charge in [-0.05, 0) is 52.7 Å². The Morgan fingerprint density at radius 2 is 1.97 bits per heavy atom. The minimum Gasteiger partial charge on any atom is -0.468 e. The molecular formula is C22H18N2O5. The normalized spacial score (nSPS) is 12.0. The van der Waals surface area contributed by atoms with Crippen molar-refractivity contribution in [3.05, 3.63) is 87.5 Å². The summed E-state index contributed by atoms with van der Waals surface area (Å²) in [6.07, 6.45) is 1.98. The fraction of sp³-hybridized carbons (Fsp3) is 0.136. The lowest BCUT2D eigenvalue weighted by Gasteiger charge is -2.09.